The summed E-state index contributed by atoms with van der Waals surface area (Å²) in [6.45, 7) is 8.58. The highest BCUT2D eigenvalue weighted by Gasteiger charge is 2.26. The predicted octanol–water partition coefficient (Wildman–Crippen LogP) is 3.65. The molecule has 8 nitrogen and oxygen atoms in total. The minimum Gasteiger partial charge on any atom is -0.439 e. The Morgan fingerprint density at radius 1 is 1.05 bits per heavy atom. The van der Waals surface area contributed by atoms with Crippen LogP contribution in [0.25, 0.3) is 5.69 Å². The number of benzene rings is 2. The smallest absolute Gasteiger partial charge is 0.227 e. The van der Waals surface area contributed by atoms with E-state index in [1.165, 1.54) is 0 Å². The topological polar surface area (TPSA) is 72.2 Å². The number of aliphatic hydroxyl groups is 1. The second-order valence-corrected chi connectivity index (χ2v) is 9.93. The van der Waals surface area contributed by atoms with E-state index in [0.717, 1.165) is 75.0 Å². The highest BCUT2D eigenvalue weighted by molar-refractivity contribution is 5.43. The number of aryl methyl sites for hydroxylation is 1. The lowest BCUT2D eigenvalue weighted by molar-refractivity contribution is -0.000213. The molecule has 1 N–H and O–H groups in total. The lowest BCUT2D eigenvalue weighted by Crippen LogP contribution is -2.45. The van der Waals surface area contributed by atoms with Crippen LogP contribution in [0.2, 0.25) is 0 Å². The van der Waals surface area contributed by atoms with Gasteiger partial charge in [-0.15, -0.1) is 0 Å². The maximum Gasteiger partial charge on any atom is 0.227 e. The lowest BCUT2D eigenvalue weighted by Gasteiger charge is -2.32. The summed E-state index contributed by atoms with van der Waals surface area (Å²) in [4.78, 5) is 4.58. The van der Waals surface area contributed by atoms with Crippen LogP contribution < -0.4 is 4.74 Å². The van der Waals surface area contributed by atoms with Gasteiger partial charge < -0.3 is 19.3 Å². The zero-order valence-electron chi connectivity index (χ0n) is 21.7. The van der Waals surface area contributed by atoms with Gasteiger partial charge in [0.1, 0.15) is 5.75 Å². The van der Waals surface area contributed by atoms with Gasteiger partial charge in [-0.05, 0) is 44.0 Å². The van der Waals surface area contributed by atoms with Gasteiger partial charge in [-0.3, -0.25) is 9.80 Å². The Bertz CT molecular complexity index is 1100. The number of β-amino-alcohol motifs (C(OH)–C–C–N with tert-alkyl or cyclic N) is 1. The normalized spacial score (nSPS) is 19.4. The molecule has 0 bridgehead atoms. The molecule has 2 aliphatic heterocycles. The van der Waals surface area contributed by atoms with E-state index in [9.17, 15) is 5.11 Å². The summed E-state index contributed by atoms with van der Waals surface area (Å²) in [7, 11) is 0. The van der Waals surface area contributed by atoms with Crippen molar-refractivity contribution in [3.05, 3.63) is 71.9 Å². The average Bonchev–Trinajstić information content (AvgIpc) is 3.54. The zero-order chi connectivity index (χ0) is 25.5. The van der Waals surface area contributed by atoms with Crippen molar-refractivity contribution >= 4 is 0 Å². The van der Waals surface area contributed by atoms with Crippen molar-refractivity contribution in [3.8, 4) is 17.3 Å². The highest BCUT2D eigenvalue weighted by atomic mass is 16.5. The van der Waals surface area contributed by atoms with Crippen LogP contribution >= 0.6 is 0 Å². The van der Waals surface area contributed by atoms with Gasteiger partial charge in [-0.25, -0.2) is 4.68 Å². The molecule has 5 rings (SSSR count). The van der Waals surface area contributed by atoms with Gasteiger partial charge in [0.05, 0.1) is 42.4 Å². The van der Waals surface area contributed by atoms with E-state index >= 15 is 0 Å². The first kappa shape index (κ1) is 25.9. The molecule has 2 atom stereocenters. The van der Waals surface area contributed by atoms with Crippen molar-refractivity contribution in [2.75, 3.05) is 52.5 Å². The second kappa shape index (κ2) is 12.7. The largest absolute Gasteiger partial charge is 0.439 e. The number of ether oxygens (including phenoxy) is 3. The number of morpholine rings is 1. The molecule has 2 aliphatic rings. The highest BCUT2D eigenvalue weighted by Crippen LogP contribution is 2.32. The number of para-hydroxylation sites is 2. The molecule has 0 radical (unpaired) electrons. The maximum atomic E-state index is 11.1. The number of hydrogen-bond acceptors (Lipinski definition) is 7. The summed E-state index contributed by atoms with van der Waals surface area (Å²) in [5.41, 5.74) is 2.87. The summed E-state index contributed by atoms with van der Waals surface area (Å²) in [6, 6.07) is 19.9. The van der Waals surface area contributed by atoms with Crippen molar-refractivity contribution in [1.82, 2.24) is 19.6 Å². The van der Waals surface area contributed by atoms with E-state index in [-0.39, 0.29) is 6.10 Å². The minimum absolute atomic E-state index is 0.179. The van der Waals surface area contributed by atoms with Gasteiger partial charge in [0.25, 0.3) is 0 Å². The molecular formula is C29H38N4O4. The fraction of sp³-hybridized carbons (Fsp3) is 0.483. The van der Waals surface area contributed by atoms with Gasteiger partial charge in [0.2, 0.25) is 5.88 Å². The molecular weight excluding hydrogens is 468 g/mol. The first-order valence-electron chi connectivity index (χ1n) is 13.3. The number of aromatic nitrogens is 2. The van der Waals surface area contributed by atoms with Crippen LogP contribution in [0.4, 0.5) is 0 Å². The lowest BCUT2D eigenvalue weighted by atomic mass is 10.1. The van der Waals surface area contributed by atoms with Crippen LogP contribution in [-0.4, -0.2) is 89.4 Å². The molecule has 0 saturated carbocycles. The molecule has 3 aromatic rings. The third-order valence-electron chi connectivity index (χ3n) is 7.00. The van der Waals surface area contributed by atoms with Crippen LogP contribution in [0, 0.1) is 6.92 Å². The number of hydrogen-bond donors (Lipinski definition) is 1. The molecule has 2 aromatic carbocycles. The third-order valence-corrected chi connectivity index (χ3v) is 7.00. The van der Waals surface area contributed by atoms with E-state index < -0.39 is 6.10 Å². The van der Waals surface area contributed by atoms with Crippen LogP contribution in [-0.2, 0) is 16.0 Å². The van der Waals surface area contributed by atoms with Gasteiger partial charge in [-0.1, -0.05) is 36.4 Å². The van der Waals surface area contributed by atoms with Gasteiger partial charge in [-0.2, -0.15) is 5.10 Å². The molecule has 3 heterocycles. The minimum atomic E-state index is -0.470. The Balaban J connectivity index is 1.40. The molecule has 0 amide bonds. The zero-order valence-corrected chi connectivity index (χ0v) is 21.7. The van der Waals surface area contributed by atoms with Crippen molar-refractivity contribution < 1.29 is 19.3 Å². The van der Waals surface area contributed by atoms with Crippen LogP contribution in [0.15, 0.2) is 60.7 Å². The van der Waals surface area contributed by atoms with Gasteiger partial charge in [0, 0.05) is 45.9 Å². The van der Waals surface area contributed by atoms with Crippen molar-refractivity contribution in [2.45, 2.75) is 38.5 Å². The van der Waals surface area contributed by atoms with Gasteiger partial charge >= 0.3 is 0 Å². The first-order chi connectivity index (χ1) is 18.2. The Hall–Kier alpha value is -2.75. The van der Waals surface area contributed by atoms with Crippen molar-refractivity contribution in [3.63, 3.8) is 0 Å². The standard InChI is InChI=1S/C29H38N4O4/c1-23-28(29(37-26-11-6-3-7-12-26)33(30-23)24-9-4-2-5-10-24)22-32(21-27-13-8-16-36-27)20-25(34)19-31-14-17-35-18-15-31/h2-7,9-12,25,27,34H,8,13-22H2,1H3/t25-,27+/m1/s1. The monoisotopic (exact) mass is 506 g/mol. The average molecular weight is 507 g/mol. The molecule has 2 fully saturated rings. The van der Waals surface area contributed by atoms with E-state index in [2.05, 4.69) is 9.80 Å². The van der Waals surface area contributed by atoms with Crippen LogP contribution in [0.1, 0.15) is 24.1 Å². The number of nitrogens with zero attached hydrogens (tertiary/aromatic N) is 4. The van der Waals surface area contributed by atoms with Crippen LogP contribution in [0.5, 0.6) is 11.6 Å². The molecule has 0 spiro atoms. The first-order valence-corrected chi connectivity index (χ1v) is 13.3. The molecule has 37 heavy (non-hydrogen) atoms. The number of rotatable bonds is 11. The summed E-state index contributed by atoms with van der Waals surface area (Å²) >= 11 is 0. The Labute approximate surface area is 219 Å². The molecule has 0 aliphatic carbocycles. The molecule has 0 unspecified atom stereocenters. The van der Waals surface area contributed by atoms with E-state index in [1.807, 2.05) is 72.3 Å². The van der Waals surface area contributed by atoms with E-state index in [0.29, 0.717) is 25.5 Å². The van der Waals surface area contributed by atoms with E-state index in [1.54, 1.807) is 0 Å². The predicted molar refractivity (Wildman–Crippen MR) is 142 cm³/mol. The SMILES string of the molecule is Cc1nn(-c2ccccc2)c(Oc2ccccc2)c1CN(C[C@H](O)CN1CCOCC1)C[C@@H]1CCCO1. The van der Waals surface area contributed by atoms with E-state index in [4.69, 9.17) is 19.3 Å². The Morgan fingerprint density at radius 3 is 2.49 bits per heavy atom. The fourth-order valence-electron chi connectivity index (χ4n) is 5.11. The van der Waals surface area contributed by atoms with Gasteiger partial charge in [0.15, 0.2) is 0 Å². The Morgan fingerprint density at radius 2 is 1.78 bits per heavy atom. The second-order valence-electron chi connectivity index (χ2n) is 9.93. The summed E-state index contributed by atoms with van der Waals surface area (Å²) in [6.07, 6.45) is 1.84. The van der Waals surface area contributed by atoms with Crippen LogP contribution in [0.3, 0.4) is 0 Å². The molecule has 1 aromatic heterocycles. The number of aliphatic hydroxyl groups excluding tert-OH is 1. The quantitative estimate of drug-likeness (QED) is 0.426. The fourth-order valence-corrected chi connectivity index (χ4v) is 5.11. The summed E-state index contributed by atoms with van der Waals surface area (Å²) in [5, 5.41) is 15.9. The molecule has 2 saturated heterocycles. The molecule has 8 heteroatoms. The third kappa shape index (κ3) is 6.97. The maximum absolute atomic E-state index is 11.1. The van der Waals surface area contributed by atoms with Crippen molar-refractivity contribution in [2.24, 2.45) is 0 Å². The summed E-state index contributed by atoms with van der Waals surface area (Å²) < 4.78 is 19.8. The summed E-state index contributed by atoms with van der Waals surface area (Å²) in [5.74, 6) is 1.47. The van der Waals surface area contributed by atoms with Crippen molar-refractivity contribution in [1.29, 1.82) is 0 Å². The molecule has 198 valence electrons. The Kier molecular flexibility index (Phi) is 8.86.